The zero-order chi connectivity index (χ0) is 21.7. The van der Waals surface area contributed by atoms with E-state index in [1.807, 2.05) is 6.21 Å². The molecule has 4 aliphatic carbocycles. The molecule has 3 saturated carbocycles. The second-order valence-electron chi connectivity index (χ2n) is 10.6. The van der Waals surface area contributed by atoms with Crippen LogP contribution in [0.4, 0.5) is 0 Å². The smallest absolute Gasteiger partial charge is 0.315 e. The number of carboxylic acids is 1. The number of aldehydes is 1. The third kappa shape index (κ3) is 2.44. The number of carboxylic acid groups (broad SMARTS) is 1. The van der Waals surface area contributed by atoms with Crippen LogP contribution in [0.2, 0.25) is 0 Å². The SMILES string of the molecule is CCCCCON=C[C@@]12C[C@@H]3[C@H](C)CC[C@H]3[C@@]3(C=O)C[C@@H]1C=C(C(C)C)[C@]32C(=O)O. The average Bonchev–Trinajstić information content (AvgIpc) is 3.27. The Kier molecular flexibility index (Phi) is 5.39. The summed E-state index contributed by atoms with van der Waals surface area (Å²) in [5, 5.41) is 15.2. The Balaban J connectivity index is 1.82. The highest BCUT2D eigenvalue weighted by molar-refractivity contribution is 5.96. The lowest BCUT2D eigenvalue weighted by Crippen LogP contribution is -2.63. The van der Waals surface area contributed by atoms with E-state index in [0.29, 0.717) is 24.9 Å². The second-order valence-corrected chi connectivity index (χ2v) is 10.6. The molecule has 166 valence electrons. The van der Waals surface area contributed by atoms with Crippen molar-refractivity contribution in [3.05, 3.63) is 11.6 Å². The van der Waals surface area contributed by atoms with E-state index in [4.69, 9.17) is 4.84 Å². The van der Waals surface area contributed by atoms with Crippen molar-refractivity contribution in [3.63, 3.8) is 0 Å². The molecule has 0 saturated heterocycles. The van der Waals surface area contributed by atoms with Crippen molar-refractivity contribution in [2.45, 2.75) is 72.6 Å². The van der Waals surface area contributed by atoms with Crippen LogP contribution in [0.3, 0.4) is 0 Å². The Labute approximate surface area is 180 Å². The first-order valence-electron chi connectivity index (χ1n) is 11.9. The standard InChI is InChI=1S/C25H37NO4/c1-5-6-7-10-30-26-14-23-13-19-17(4)8-9-20(19)24(15-27)12-18(23)11-21(16(2)3)25(23,24)22(28)29/h11,14-20H,5-10,12-13H2,1-4H3,(H,28,29)/t17-,18+,19-,20-,23+,24+,25-/m1/s1. The van der Waals surface area contributed by atoms with Gasteiger partial charge in [-0.1, -0.05) is 63.8 Å². The van der Waals surface area contributed by atoms with Crippen LogP contribution in [0.15, 0.2) is 16.8 Å². The van der Waals surface area contributed by atoms with Gasteiger partial charge in [-0.25, -0.2) is 0 Å². The number of hydrogen-bond acceptors (Lipinski definition) is 4. The summed E-state index contributed by atoms with van der Waals surface area (Å²) in [5.74, 6) is 0.319. The van der Waals surface area contributed by atoms with Gasteiger partial charge in [0.2, 0.25) is 0 Å². The van der Waals surface area contributed by atoms with Crippen LogP contribution in [-0.2, 0) is 14.4 Å². The van der Waals surface area contributed by atoms with E-state index < -0.39 is 22.2 Å². The number of aliphatic carboxylic acids is 1. The van der Waals surface area contributed by atoms with Gasteiger partial charge in [-0.05, 0) is 55.3 Å². The summed E-state index contributed by atoms with van der Waals surface area (Å²) in [7, 11) is 0. The largest absolute Gasteiger partial charge is 0.481 e. The molecule has 7 atom stereocenters. The van der Waals surface area contributed by atoms with Gasteiger partial charge in [0.15, 0.2) is 0 Å². The average molecular weight is 416 g/mol. The first-order chi connectivity index (χ1) is 14.3. The molecule has 0 spiro atoms. The van der Waals surface area contributed by atoms with Crippen LogP contribution in [0.5, 0.6) is 0 Å². The molecule has 0 aromatic rings. The maximum atomic E-state index is 13.2. The normalized spacial score (nSPS) is 43.8. The highest BCUT2D eigenvalue weighted by Crippen LogP contribution is 2.82. The van der Waals surface area contributed by atoms with E-state index in [0.717, 1.165) is 50.4 Å². The lowest BCUT2D eigenvalue weighted by molar-refractivity contribution is -0.173. The van der Waals surface area contributed by atoms with Gasteiger partial charge in [0.25, 0.3) is 0 Å². The van der Waals surface area contributed by atoms with E-state index in [-0.39, 0.29) is 17.8 Å². The summed E-state index contributed by atoms with van der Waals surface area (Å²) >= 11 is 0. The van der Waals surface area contributed by atoms with Gasteiger partial charge in [0.05, 0.1) is 11.6 Å². The first kappa shape index (κ1) is 21.6. The van der Waals surface area contributed by atoms with Crippen molar-refractivity contribution >= 4 is 18.5 Å². The summed E-state index contributed by atoms with van der Waals surface area (Å²) in [5.41, 5.74) is -1.75. The van der Waals surface area contributed by atoms with Gasteiger partial charge in [0.1, 0.15) is 18.3 Å². The lowest BCUT2D eigenvalue weighted by atomic mass is 9.43. The van der Waals surface area contributed by atoms with E-state index in [1.165, 1.54) is 0 Å². The minimum absolute atomic E-state index is 0.0389. The highest BCUT2D eigenvalue weighted by Gasteiger charge is 2.84. The van der Waals surface area contributed by atoms with Gasteiger partial charge in [-0.3, -0.25) is 4.79 Å². The third-order valence-corrected chi connectivity index (χ3v) is 9.20. The van der Waals surface area contributed by atoms with Gasteiger partial charge >= 0.3 is 5.97 Å². The molecule has 4 aliphatic rings. The molecule has 0 heterocycles. The Morgan fingerprint density at radius 1 is 1.30 bits per heavy atom. The molecule has 0 radical (unpaired) electrons. The third-order valence-electron chi connectivity index (χ3n) is 9.20. The number of oxime groups is 1. The molecule has 3 fully saturated rings. The topological polar surface area (TPSA) is 76.0 Å². The predicted octanol–water partition coefficient (Wildman–Crippen LogP) is 5.10. The molecule has 0 aromatic heterocycles. The van der Waals surface area contributed by atoms with Crippen molar-refractivity contribution < 1.29 is 19.5 Å². The molecule has 30 heavy (non-hydrogen) atoms. The Bertz CT molecular complexity index is 773. The van der Waals surface area contributed by atoms with Gasteiger partial charge in [0, 0.05) is 5.41 Å². The molecule has 0 unspecified atom stereocenters. The minimum atomic E-state index is -1.19. The zero-order valence-electron chi connectivity index (χ0n) is 18.9. The van der Waals surface area contributed by atoms with Gasteiger partial charge < -0.3 is 14.7 Å². The molecular weight excluding hydrogens is 378 g/mol. The van der Waals surface area contributed by atoms with Crippen molar-refractivity contribution in [2.75, 3.05) is 6.61 Å². The molecule has 4 rings (SSSR count). The lowest BCUT2D eigenvalue weighted by Gasteiger charge is -2.57. The van der Waals surface area contributed by atoms with Crippen molar-refractivity contribution in [1.82, 2.24) is 0 Å². The number of carbonyl (C=O) groups is 2. The Morgan fingerprint density at radius 2 is 2.07 bits per heavy atom. The fourth-order valence-corrected chi connectivity index (χ4v) is 8.09. The van der Waals surface area contributed by atoms with E-state index in [9.17, 15) is 14.7 Å². The summed E-state index contributed by atoms with van der Waals surface area (Å²) in [6.45, 7) is 9.09. The molecule has 0 aromatic carbocycles. The van der Waals surface area contributed by atoms with Crippen LogP contribution in [0.1, 0.15) is 72.6 Å². The fourth-order valence-electron chi connectivity index (χ4n) is 8.09. The predicted molar refractivity (Wildman–Crippen MR) is 116 cm³/mol. The maximum Gasteiger partial charge on any atom is 0.315 e. The highest BCUT2D eigenvalue weighted by atomic mass is 16.6. The summed E-state index contributed by atoms with van der Waals surface area (Å²) < 4.78 is 0. The molecule has 1 N–H and O–H groups in total. The summed E-state index contributed by atoms with van der Waals surface area (Å²) in [6, 6.07) is 0. The maximum absolute atomic E-state index is 13.2. The van der Waals surface area contributed by atoms with Crippen molar-refractivity contribution in [1.29, 1.82) is 0 Å². The van der Waals surface area contributed by atoms with Crippen LogP contribution in [-0.4, -0.2) is 30.2 Å². The van der Waals surface area contributed by atoms with Crippen LogP contribution in [0, 0.1) is 45.8 Å². The van der Waals surface area contributed by atoms with E-state index >= 15 is 0 Å². The van der Waals surface area contributed by atoms with Crippen molar-refractivity contribution in [2.24, 2.45) is 51.0 Å². The summed E-state index contributed by atoms with van der Waals surface area (Å²) in [4.78, 5) is 31.7. The monoisotopic (exact) mass is 415 g/mol. The first-order valence-corrected chi connectivity index (χ1v) is 11.9. The molecule has 0 amide bonds. The van der Waals surface area contributed by atoms with E-state index in [2.05, 4.69) is 38.9 Å². The van der Waals surface area contributed by atoms with Crippen LogP contribution in [0.25, 0.3) is 0 Å². The van der Waals surface area contributed by atoms with Crippen LogP contribution >= 0.6 is 0 Å². The van der Waals surface area contributed by atoms with Crippen molar-refractivity contribution in [3.8, 4) is 0 Å². The molecule has 5 nitrogen and oxygen atoms in total. The minimum Gasteiger partial charge on any atom is -0.481 e. The molecule has 0 aliphatic heterocycles. The molecular formula is C25H37NO4. The number of rotatable bonds is 9. The Morgan fingerprint density at radius 3 is 2.70 bits per heavy atom. The number of carbonyl (C=O) groups excluding carboxylic acids is 1. The van der Waals surface area contributed by atoms with Gasteiger partial charge in [-0.15, -0.1) is 0 Å². The fraction of sp³-hybridized carbons (Fsp3) is 0.800. The second kappa shape index (κ2) is 7.49. The quantitative estimate of drug-likeness (QED) is 0.187. The zero-order valence-corrected chi connectivity index (χ0v) is 18.9. The number of unbranched alkanes of at least 4 members (excludes halogenated alkanes) is 2. The Hall–Kier alpha value is -1.65. The van der Waals surface area contributed by atoms with Crippen LogP contribution < -0.4 is 0 Å². The molecule has 5 heteroatoms. The number of fused-ring (bicyclic) bond motifs is 2. The summed E-state index contributed by atoms with van der Waals surface area (Å²) in [6.07, 6.45) is 11.7. The number of nitrogens with zero attached hydrogens (tertiary/aromatic N) is 1. The number of allylic oxidation sites excluding steroid dienone is 1. The molecule has 4 bridgehead atoms. The number of hydrogen-bond donors (Lipinski definition) is 1. The van der Waals surface area contributed by atoms with Gasteiger partial charge in [-0.2, -0.15) is 0 Å². The van der Waals surface area contributed by atoms with E-state index in [1.54, 1.807) is 0 Å².